The van der Waals surface area contributed by atoms with Gasteiger partial charge in [-0.1, -0.05) is 0 Å². The Balaban J connectivity index is 2.35. The van der Waals surface area contributed by atoms with E-state index in [9.17, 15) is 14.7 Å². The topological polar surface area (TPSA) is 105 Å². The minimum absolute atomic E-state index is 0.361. The first kappa shape index (κ1) is 12.3. The van der Waals surface area contributed by atoms with Crippen molar-refractivity contribution < 1.29 is 14.9 Å². The van der Waals surface area contributed by atoms with E-state index in [4.69, 9.17) is 21.4 Å². The normalized spacial score (nSPS) is 32.9. The third-order valence-electron chi connectivity index (χ3n) is 2.59. The lowest BCUT2D eigenvalue weighted by atomic mass is 10.2. The van der Waals surface area contributed by atoms with Crippen molar-refractivity contribution >= 4 is 11.6 Å². The van der Waals surface area contributed by atoms with Gasteiger partial charge in [-0.3, -0.25) is 14.3 Å². The average Bonchev–Trinajstić information content (AvgIpc) is 2.57. The van der Waals surface area contributed by atoms with Gasteiger partial charge < -0.3 is 14.9 Å². The van der Waals surface area contributed by atoms with Crippen LogP contribution < -0.4 is 11.2 Å². The summed E-state index contributed by atoms with van der Waals surface area (Å²) in [7, 11) is 0. The van der Waals surface area contributed by atoms with Gasteiger partial charge >= 0.3 is 5.69 Å². The molecule has 1 unspecified atom stereocenters. The minimum Gasteiger partial charge on any atom is -0.394 e. The van der Waals surface area contributed by atoms with Gasteiger partial charge in [0, 0.05) is 12.3 Å². The van der Waals surface area contributed by atoms with Gasteiger partial charge in [0.1, 0.15) is 12.2 Å². The Morgan fingerprint density at radius 2 is 2.24 bits per heavy atom. The number of aliphatic hydroxyl groups is 2. The van der Waals surface area contributed by atoms with Crippen LogP contribution in [0, 0.1) is 0 Å². The molecule has 0 saturated carbocycles. The fraction of sp³-hybridized carbons (Fsp3) is 0.556. The molecule has 0 aliphatic carbocycles. The molecule has 1 aliphatic heterocycles. The molecule has 94 valence electrons. The Labute approximate surface area is 100 Å². The van der Waals surface area contributed by atoms with Gasteiger partial charge in [-0.2, -0.15) is 0 Å². The second-order valence-corrected chi connectivity index (χ2v) is 4.20. The van der Waals surface area contributed by atoms with Crippen LogP contribution in [0.15, 0.2) is 21.9 Å². The molecule has 0 radical (unpaired) electrons. The SMILES string of the molecule is O=c1ccn([C@@H]2O[C@H](CO)C(Cl)[C@H]2O)c(=O)[nH]1. The van der Waals surface area contributed by atoms with Crippen molar-refractivity contribution in [2.24, 2.45) is 0 Å². The average molecular weight is 263 g/mol. The Hall–Kier alpha value is -1.15. The molecule has 17 heavy (non-hydrogen) atoms. The lowest BCUT2D eigenvalue weighted by molar-refractivity contribution is -0.0530. The molecule has 8 heteroatoms. The molecular formula is C9H11ClN2O5. The summed E-state index contributed by atoms with van der Waals surface area (Å²) in [5.74, 6) is 0. The van der Waals surface area contributed by atoms with E-state index in [1.54, 1.807) is 0 Å². The van der Waals surface area contributed by atoms with Crippen LogP contribution in [0.1, 0.15) is 6.23 Å². The summed E-state index contributed by atoms with van der Waals surface area (Å²) in [6.45, 7) is -0.361. The maximum Gasteiger partial charge on any atom is 0.330 e. The molecule has 0 aromatic carbocycles. The van der Waals surface area contributed by atoms with E-state index in [2.05, 4.69) is 0 Å². The van der Waals surface area contributed by atoms with Crippen LogP contribution in [0.3, 0.4) is 0 Å². The van der Waals surface area contributed by atoms with Gasteiger partial charge in [-0.15, -0.1) is 11.6 Å². The van der Waals surface area contributed by atoms with Crippen molar-refractivity contribution in [2.75, 3.05) is 6.61 Å². The first-order valence-electron chi connectivity index (χ1n) is 4.94. The number of nitrogens with zero attached hydrogens (tertiary/aromatic N) is 1. The fourth-order valence-corrected chi connectivity index (χ4v) is 1.98. The van der Waals surface area contributed by atoms with Crippen LogP contribution in [-0.4, -0.2) is 44.0 Å². The number of H-pyrrole nitrogens is 1. The summed E-state index contributed by atoms with van der Waals surface area (Å²) in [6.07, 6.45) is -1.70. The highest BCUT2D eigenvalue weighted by Crippen LogP contribution is 2.31. The molecule has 1 aliphatic rings. The van der Waals surface area contributed by atoms with E-state index in [1.807, 2.05) is 4.98 Å². The second-order valence-electron chi connectivity index (χ2n) is 3.70. The van der Waals surface area contributed by atoms with Crippen LogP contribution in [0.4, 0.5) is 0 Å². The number of nitrogens with one attached hydrogen (secondary N) is 1. The second kappa shape index (κ2) is 4.61. The zero-order chi connectivity index (χ0) is 12.6. The Kier molecular flexibility index (Phi) is 3.34. The number of hydrogen-bond acceptors (Lipinski definition) is 5. The standard InChI is InChI=1S/C9H11ClN2O5/c10-6-4(3-13)17-8(7(6)15)12-2-1-5(14)11-9(12)16/h1-2,4,6-8,13,15H,3H2,(H,11,14,16)/t4-,6?,7-,8-/m1/s1. The van der Waals surface area contributed by atoms with Gasteiger partial charge in [0.05, 0.1) is 12.0 Å². The van der Waals surface area contributed by atoms with Crippen molar-refractivity contribution in [2.45, 2.75) is 23.8 Å². The van der Waals surface area contributed by atoms with E-state index in [0.29, 0.717) is 0 Å². The van der Waals surface area contributed by atoms with Crippen molar-refractivity contribution in [1.29, 1.82) is 0 Å². The molecule has 2 heterocycles. The molecule has 1 fully saturated rings. The molecule has 2 rings (SSSR count). The maximum atomic E-state index is 11.5. The van der Waals surface area contributed by atoms with Crippen LogP contribution in [0.2, 0.25) is 0 Å². The third kappa shape index (κ3) is 2.14. The zero-order valence-corrected chi connectivity index (χ0v) is 9.37. The third-order valence-corrected chi connectivity index (χ3v) is 3.13. The summed E-state index contributed by atoms with van der Waals surface area (Å²) >= 11 is 5.83. The highest BCUT2D eigenvalue weighted by atomic mass is 35.5. The predicted molar refractivity (Wildman–Crippen MR) is 58.0 cm³/mol. The molecule has 1 saturated heterocycles. The molecule has 0 bridgehead atoms. The maximum absolute atomic E-state index is 11.5. The fourth-order valence-electron chi connectivity index (χ4n) is 1.71. The number of aromatic amines is 1. The molecule has 7 nitrogen and oxygen atoms in total. The van der Waals surface area contributed by atoms with Gasteiger partial charge in [-0.05, 0) is 0 Å². The van der Waals surface area contributed by atoms with E-state index in [0.717, 1.165) is 10.6 Å². The van der Waals surface area contributed by atoms with Crippen LogP contribution >= 0.6 is 11.6 Å². The number of rotatable bonds is 2. The molecular weight excluding hydrogens is 252 g/mol. The number of aliphatic hydroxyl groups excluding tert-OH is 2. The van der Waals surface area contributed by atoms with Crippen molar-refractivity contribution in [3.05, 3.63) is 33.1 Å². The first-order chi connectivity index (χ1) is 8.04. The van der Waals surface area contributed by atoms with E-state index < -0.39 is 35.1 Å². The molecule has 4 atom stereocenters. The van der Waals surface area contributed by atoms with Crippen molar-refractivity contribution in [1.82, 2.24) is 9.55 Å². The zero-order valence-electron chi connectivity index (χ0n) is 8.62. The van der Waals surface area contributed by atoms with Crippen LogP contribution in [0.25, 0.3) is 0 Å². The Morgan fingerprint density at radius 1 is 1.53 bits per heavy atom. The van der Waals surface area contributed by atoms with Gasteiger partial charge in [0.2, 0.25) is 0 Å². The first-order valence-corrected chi connectivity index (χ1v) is 5.38. The summed E-state index contributed by atoms with van der Waals surface area (Å²) in [6, 6.07) is 1.13. The van der Waals surface area contributed by atoms with Gasteiger partial charge in [0.25, 0.3) is 5.56 Å². The number of ether oxygens (including phenoxy) is 1. The van der Waals surface area contributed by atoms with E-state index >= 15 is 0 Å². The van der Waals surface area contributed by atoms with E-state index in [-0.39, 0.29) is 6.61 Å². The molecule has 1 aromatic rings. The Bertz CT molecular complexity index is 513. The van der Waals surface area contributed by atoms with Crippen LogP contribution in [0.5, 0.6) is 0 Å². The predicted octanol–water partition coefficient (Wildman–Crippen LogP) is -1.61. The summed E-state index contributed by atoms with van der Waals surface area (Å²) in [5.41, 5.74) is -1.25. The summed E-state index contributed by atoms with van der Waals surface area (Å²) in [4.78, 5) is 24.4. The van der Waals surface area contributed by atoms with Gasteiger partial charge in [0.15, 0.2) is 6.23 Å². The molecule has 0 spiro atoms. The quantitative estimate of drug-likeness (QED) is 0.557. The Morgan fingerprint density at radius 3 is 2.76 bits per heavy atom. The van der Waals surface area contributed by atoms with Crippen molar-refractivity contribution in [3.63, 3.8) is 0 Å². The van der Waals surface area contributed by atoms with Gasteiger partial charge in [-0.25, -0.2) is 4.79 Å². The minimum atomic E-state index is -1.14. The monoisotopic (exact) mass is 262 g/mol. The number of alkyl halides is 1. The van der Waals surface area contributed by atoms with Crippen LogP contribution in [-0.2, 0) is 4.74 Å². The number of hydrogen-bond donors (Lipinski definition) is 3. The molecule has 1 aromatic heterocycles. The summed E-state index contributed by atoms with van der Waals surface area (Å²) in [5, 5.41) is 17.9. The lowest BCUT2D eigenvalue weighted by Gasteiger charge is -2.16. The lowest BCUT2D eigenvalue weighted by Crippen LogP contribution is -2.36. The number of aromatic nitrogens is 2. The highest BCUT2D eigenvalue weighted by Gasteiger charge is 2.43. The smallest absolute Gasteiger partial charge is 0.330 e. The van der Waals surface area contributed by atoms with Crippen molar-refractivity contribution in [3.8, 4) is 0 Å². The molecule has 0 amide bonds. The summed E-state index contributed by atoms with van der Waals surface area (Å²) < 4.78 is 6.28. The molecule has 3 N–H and O–H groups in total. The number of halogens is 1. The van der Waals surface area contributed by atoms with E-state index in [1.165, 1.54) is 6.20 Å². The largest absolute Gasteiger partial charge is 0.394 e. The highest BCUT2D eigenvalue weighted by molar-refractivity contribution is 6.21.